The summed E-state index contributed by atoms with van der Waals surface area (Å²) >= 11 is 12.4. The molecule has 8 heteroatoms. The van der Waals surface area contributed by atoms with Gasteiger partial charge in [0.2, 0.25) is 10.0 Å². The molecule has 1 saturated heterocycles. The predicted octanol–water partition coefficient (Wildman–Crippen LogP) is 5.95. The SMILES string of the molecule is CC1CCN(S(=O)(=O)c2ccc3c(c2)C2C=CCC2C(c2cc(Cl)cc(Cl)c2O)N3)CC1. The molecule has 0 radical (unpaired) electrons. The van der Waals surface area contributed by atoms with Gasteiger partial charge in [0, 0.05) is 35.3 Å². The second-order valence-electron chi connectivity index (χ2n) is 9.14. The second-order valence-corrected chi connectivity index (χ2v) is 11.9. The van der Waals surface area contributed by atoms with E-state index in [1.54, 1.807) is 16.4 Å². The number of benzene rings is 2. The zero-order chi connectivity index (χ0) is 22.6. The Bertz CT molecular complexity index is 1190. The second kappa shape index (κ2) is 8.24. The molecule has 2 heterocycles. The molecule has 2 aromatic carbocycles. The summed E-state index contributed by atoms with van der Waals surface area (Å²) in [5, 5.41) is 14.8. The van der Waals surface area contributed by atoms with Crippen molar-refractivity contribution in [2.24, 2.45) is 11.8 Å². The number of hydrogen-bond acceptors (Lipinski definition) is 4. The van der Waals surface area contributed by atoms with Crippen LogP contribution in [0.3, 0.4) is 0 Å². The minimum atomic E-state index is -3.52. The Morgan fingerprint density at radius 1 is 1.09 bits per heavy atom. The van der Waals surface area contributed by atoms with Gasteiger partial charge in [0.15, 0.2) is 0 Å². The first-order chi connectivity index (χ1) is 15.3. The first-order valence-electron chi connectivity index (χ1n) is 11.0. The molecule has 3 atom stereocenters. The Kier molecular flexibility index (Phi) is 5.69. The summed E-state index contributed by atoms with van der Waals surface area (Å²) in [6.45, 7) is 3.31. The molecule has 170 valence electrons. The topological polar surface area (TPSA) is 69.6 Å². The number of hydrogen-bond donors (Lipinski definition) is 2. The van der Waals surface area contributed by atoms with Gasteiger partial charge < -0.3 is 10.4 Å². The number of nitrogens with one attached hydrogen (secondary N) is 1. The molecule has 5 nitrogen and oxygen atoms in total. The van der Waals surface area contributed by atoms with E-state index >= 15 is 0 Å². The number of piperidine rings is 1. The lowest BCUT2D eigenvalue weighted by Crippen LogP contribution is -2.38. The zero-order valence-corrected chi connectivity index (χ0v) is 20.1. The summed E-state index contributed by atoms with van der Waals surface area (Å²) in [6, 6.07) is 8.43. The lowest BCUT2D eigenvalue weighted by Gasteiger charge is -2.38. The van der Waals surface area contributed by atoms with Crippen LogP contribution in [0.25, 0.3) is 0 Å². The molecule has 0 bridgehead atoms. The van der Waals surface area contributed by atoms with Crippen LogP contribution in [0.1, 0.15) is 49.3 Å². The summed E-state index contributed by atoms with van der Waals surface area (Å²) < 4.78 is 28.2. The molecule has 3 aliphatic rings. The summed E-state index contributed by atoms with van der Waals surface area (Å²) in [7, 11) is -3.52. The van der Waals surface area contributed by atoms with E-state index in [2.05, 4.69) is 24.4 Å². The first-order valence-corrected chi connectivity index (χ1v) is 13.2. The molecular formula is C24H26Cl2N2O3S. The molecule has 2 N–H and O–H groups in total. The Morgan fingerprint density at radius 2 is 1.84 bits per heavy atom. The van der Waals surface area contributed by atoms with Crippen molar-refractivity contribution < 1.29 is 13.5 Å². The highest BCUT2D eigenvalue weighted by molar-refractivity contribution is 7.89. The van der Waals surface area contributed by atoms with Crippen LogP contribution in [0.2, 0.25) is 10.0 Å². The molecule has 0 spiro atoms. The molecule has 3 unspecified atom stereocenters. The van der Waals surface area contributed by atoms with E-state index in [-0.39, 0.29) is 28.6 Å². The number of halogens is 2. The highest BCUT2D eigenvalue weighted by Gasteiger charge is 2.40. The average Bonchev–Trinajstić information content (AvgIpc) is 3.26. The van der Waals surface area contributed by atoms with E-state index in [0.717, 1.165) is 30.5 Å². The molecule has 0 aromatic heterocycles. The molecule has 1 fully saturated rings. The van der Waals surface area contributed by atoms with Crippen molar-refractivity contribution in [2.75, 3.05) is 18.4 Å². The molecular weight excluding hydrogens is 467 g/mol. The van der Waals surface area contributed by atoms with Crippen molar-refractivity contribution >= 4 is 38.9 Å². The largest absolute Gasteiger partial charge is 0.506 e. The van der Waals surface area contributed by atoms with E-state index in [0.29, 0.717) is 34.5 Å². The van der Waals surface area contributed by atoms with Gasteiger partial charge >= 0.3 is 0 Å². The summed E-state index contributed by atoms with van der Waals surface area (Å²) in [4.78, 5) is 0.346. The van der Waals surface area contributed by atoms with Crippen LogP contribution in [0.5, 0.6) is 5.75 Å². The van der Waals surface area contributed by atoms with Crippen LogP contribution < -0.4 is 5.32 Å². The Morgan fingerprint density at radius 3 is 2.59 bits per heavy atom. The van der Waals surface area contributed by atoms with Gasteiger partial charge in [-0.25, -0.2) is 8.42 Å². The number of anilines is 1. The van der Waals surface area contributed by atoms with E-state index in [1.807, 2.05) is 12.1 Å². The third-order valence-electron chi connectivity index (χ3n) is 7.11. The van der Waals surface area contributed by atoms with Crippen molar-refractivity contribution in [3.8, 4) is 5.75 Å². The quantitative estimate of drug-likeness (QED) is 0.519. The van der Waals surface area contributed by atoms with Crippen molar-refractivity contribution in [3.05, 3.63) is 63.7 Å². The molecule has 5 rings (SSSR count). The van der Waals surface area contributed by atoms with Crippen LogP contribution in [-0.4, -0.2) is 30.9 Å². The highest BCUT2D eigenvalue weighted by atomic mass is 35.5. The third kappa shape index (κ3) is 3.71. The van der Waals surface area contributed by atoms with Gasteiger partial charge in [0.05, 0.1) is 16.0 Å². The van der Waals surface area contributed by atoms with E-state index < -0.39 is 10.0 Å². The third-order valence-corrected chi connectivity index (χ3v) is 9.51. The summed E-state index contributed by atoms with van der Waals surface area (Å²) in [6.07, 6.45) is 6.86. The van der Waals surface area contributed by atoms with Gasteiger partial charge in [-0.05, 0) is 67.0 Å². The Hall–Kier alpha value is -1.73. The fraction of sp³-hybridized carbons (Fsp3) is 0.417. The normalized spacial score (nSPS) is 25.9. The van der Waals surface area contributed by atoms with Crippen LogP contribution >= 0.6 is 23.2 Å². The van der Waals surface area contributed by atoms with E-state index in [9.17, 15) is 13.5 Å². The number of phenolic OH excluding ortho intramolecular Hbond substituents is 1. The molecule has 2 aliphatic heterocycles. The first kappa shape index (κ1) is 22.1. The maximum Gasteiger partial charge on any atom is 0.243 e. The Balaban J connectivity index is 1.52. The summed E-state index contributed by atoms with van der Waals surface area (Å²) in [5.74, 6) is 0.759. The van der Waals surface area contributed by atoms with Crippen LogP contribution in [0.4, 0.5) is 5.69 Å². The fourth-order valence-corrected chi connectivity index (χ4v) is 7.25. The lowest BCUT2D eigenvalue weighted by atomic mass is 9.77. The van der Waals surface area contributed by atoms with Crippen molar-refractivity contribution in [1.29, 1.82) is 0 Å². The zero-order valence-electron chi connectivity index (χ0n) is 17.8. The maximum absolute atomic E-state index is 13.3. The monoisotopic (exact) mass is 492 g/mol. The maximum atomic E-state index is 13.3. The predicted molar refractivity (Wildman–Crippen MR) is 128 cm³/mol. The fourth-order valence-electron chi connectivity index (χ4n) is 5.24. The van der Waals surface area contributed by atoms with Gasteiger partial charge in [-0.3, -0.25) is 0 Å². The molecule has 1 aliphatic carbocycles. The standard InChI is InChI=1S/C24H26Cl2N2O3S/c1-14-7-9-28(10-8-14)32(30,31)16-5-6-22-19(13-16)17-3-2-4-18(17)23(27-22)20-11-15(25)12-21(26)24(20)29/h2-3,5-6,11-14,17-18,23,27,29H,4,7-10H2,1H3. The van der Waals surface area contributed by atoms with Crippen LogP contribution in [-0.2, 0) is 10.0 Å². The smallest absolute Gasteiger partial charge is 0.243 e. The van der Waals surface area contributed by atoms with Gasteiger partial charge in [-0.2, -0.15) is 4.31 Å². The van der Waals surface area contributed by atoms with Gasteiger partial charge in [-0.1, -0.05) is 42.3 Å². The number of fused-ring (bicyclic) bond motifs is 3. The van der Waals surface area contributed by atoms with Crippen molar-refractivity contribution in [2.45, 2.75) is 43.0 Å². The minimum Gasteiger partial charge on any atom is -0.506 e. The average molecular weight is 493 g/mol. The number of phenols is 1. The van der Waals surface area contributed by atoms with Gasteiger partial charge in [0.1, 0.15) is 5.75 Å². The lowest BCUT2D eigenvalue weighted by molar-refractivity contribution is 0.288. The number of nitrogens with zero attached hydrogens (tertiary/aromatic N) is 1. The van der Waals surface area contributed by atoms with E-state index in [1.165, 1.54) is 6.07 Å². The number of allylic oxidation sites excluding steroid dienone is 2. The van der Waals surface area contributed by atoms with Gasteiger partial charge in [0.25, 0.3) is 0 Å². The molecule has 0 amide bonds. The highest BCUT2D eigenvalue weighted by Crippen LogP contribution is 2.52. The summed E-state index contributed by atoms with van der Waals surface area (Å²) in [5.41, 5.74) is 2.49. The molecule has 0 saturated carbocycles. The number of rotatable bonds is 3. The van der Waals surface area contributed by atoms with Crippen LogP contribution in [0, 0.1) is 11.8 Å². The van der Waals surface area contributed by atoms with Gasteiger partial charge in [-0.15, -0.1) is 0 Å². The molecule has 2 aromatic rings. The van der Waals surface area contributed by atoms with Crippen molar-refractivity contribution in [3.63, 3.8) is 0 Å². The number of sulfonamides is 1. The molecule has 32 heavy (non-hydrogen) atoms. The van der Waals surface area contributed by atoms with E-state index in [4.69, 9.17) is 23.2 Å². The van der Waals surface area contributed by atoms with Crippen molar-refractivity contribution in [1.82, 2.24) is 4.31 Å². The van der Waals surface area contributed by atoms with Crippen LogP contribution in [0.15, 0.2) is 47.4 Å². The minimum absolute atomic E-state index is 0.0289. The number of aromatic hydroxyl groups is 1. The Labute approximate surface area is 199 Å².